The standard InChI is InChI=1S/C41H71NO10/c1-27-20-21-28(2)35(50-11)23-22-29(3)39(45)32(6)37(52-41(47)34(26-48-9)42(7)8)17-13-12-14-19-38(44)51-36(18-15-16-33(24-27)49-10)31(5)40(46)30(4)25-43/h12-16,19,21,27,29-37,39-40,43,45-46H,17-18,20,22-26H2,1-11H3/b13-12+,16-15+,19-14+,28-21+/t27-,29-,30+,31-,32-,33+,34?,35+,36+,37?,39-,40+/m1/s1. The van der Waals surface area contributed by atoms with Crippen LogP contribution in [0.25, 0.3) is 0 Å². The van der Waals surface area contributed by atoms with Crippen LogP contribution in [0.2, 0.25) is 0 Å². The lowest BCUT2D eigenvalue weighted by atomic mass is 9.84. The largest absolute Gasteiger partial charge is 0.460 e. The van der Waals surface area contributed by atoms with Gasteiger partial charge in [0.15, 0.2) is 0 Å². The molecule has 0 aliphatic carbocycles. The molecule has 1 heterocycles. The minimum Gasteiger partial charge on any atom is -0.460 e. The maximum absolute atomic E-state index is 13.3. The molecule has 300 valence electrons. The number of hydrogen-bond acceptors (Lipinski definition) is 11. The number of carbonyl (C=O) groups excluding carboxylic acids is 2. The molecule has 0 spiro atoms. The Morgan fingerprint density at radius 3 is 2.31 bits per heavy atom. The summed E-state index contributed by atoms with van der Waals surface area (Å²) in [7, 11) is 8.48. The van der Waals surface area contributed by atoms with Crippen molar-refractivity contribution in [1.29, 1.82) is 0 Å². The van der Waals surface area contributed by atoms with Crippen LogP contribution in [0.1, 0.15) is 80.1 Å². The number of rotatable bonds is 11. The molecule has 0 saturated carbocycles. The van der Waals surface area contributed by atoms with Crippen molar-refractivity contribution in [2.45, 2.75) is 123 Å². The second-order valence-electron chi connectivity index (χ2n) is 15.0. The fourth-order valence-corrected chi connectivity index (χ4v) is 6.50. The summed E-state index contributed by atoms with van der Waals surface area (Å²) in [4.78, 5) is 28.0. The average molecular weight is 738 g/mol. The van der Waals surface area contributed by atoms with Gasteiger partial charge in [0.1, 0.15) is 18.2 Å². The molecule has 12 atom stereocenters. The Bertz CT molecular complexity index is 1140. The van der Waals surface area contributed by atoms with Crippen LogP contribution in [-0.2, 0) is 33.3 Å². The number of allylic oxidation sites excluding steroid dienone is 3. The summed E-state index contributed by atoms with van der Waals surface area (Å²) in [6, 6.07) is -0.613. The van der Waals surface area contributed by atoms with Crippen LogP contribution in [0.5, 0.6) is 0 Å². The topological polar surface area (TPSA) is 144 Å². The summed E-state index contributed by atoms with van der Waals surface area (Å²) in [5, 5.41) is 32.0. The molecule has 1 aliphatic heterocycles. The van der Waals surface area contributed by atoms with Gasteiger partial charge in [-0.25, -0.2) is 4.79 Å². The Balaban J connectivity index is 3.48. The minimum absolute atomic E-state index is 0.0930. The van der Waals surface area contributed by atoms with Gasteiger partial charge < -0.3 is 39.0 Å². The van der Waals surface area contributed by atoms with Gasteiger partial charge in [-0.05, 0) is 64.1 Å². The first-order valence-corrected chi connectivity index (χ1v) is 18.9. The molecule has 1 rings (SSSR count). The highest BCUT2D eigenvalue weighted by Crippen LogP contribution is 2.28. The second-order valence-corrected chi connectivity index (χ2v) is 15.0. The molecular weight excluding hydrogens is 666 g/mol. The fourth-order valence-electron chi connectivity index (χ4n) is 6.50. The number of likely N-dealkylation sites (N-methyl/N-ethyl adjacent to an activating group) is 1. The van der Waals surface area contributed by atoms with Gasteiger partial charge in [0, 0.05) is 64.6 Å². The SMILES string of the molecule is COCC(C(=O)OC1C/C=C/C=C/C(=O)O[C@H]([C@@H](C)[C@@H](O)[C@@H](C)CO)C/C=C/[C@H](OC)C[C@H](C)C/C=C(\C)[C@@H](OC)CC[C@@H](C)[C@@H](O)[C@@H]1C)N(C)C. The molecule has 52 heavy (non-hydrogen) atoms. The number of cyclic esters (lactones) is 1. The zero-order chi connectivity index (χ0) is 39.4. The van der Waals surface area contributed by atoms with Crippen LogP contribution in [0.15, 0.2) is 48.1 Å². The predicted molar refractivity (Wildman–Crippen MR) is 205 cm³/mol. The minimum atomic E-state index is -0.883. The van der Waals surface area contributed by atoms with Gasteiger partial charge in [-0.15, -0.1) is 0 Å². The molecule has 2 unspecified atom stereocenters. The average Bonchev–Trinajstić information content (AvgIpc) is 3.12. The lowest BCUT2D eigenvalue weighted by Gasteiger charge is -2.33. The van der Waals surface area contributed by atoms with Crippen molar-refractivity contribution >= 4 is 11.9 Å². The molecule has 0 saturated heterocycles. The highest BCUT2D eigenvalue weighted by Gasteiger charge is 2.33. The van der Waals surface area contributed by atoms with Crippen molar-refractivity contribution < 1.29 is 48.6 Å². The third kappa shape index (κ3) is 16.7. The second kappa shape index (κ2) is 25.6. The van der Waals surface area contributed by atoms with Crippen LogP contribution in [0, 0.1) is 29.6 Å². The van der Waals surface area contributed by atoms with Crippen molar-refractivity contribution in [3.8, 4) is 0 Å². The van der Waals surface area contributed by atoms with Gasteiger partial charge in [-0.2, -0.15) is 0 Å². The number of esters is 2. The molecule has 1 aliphatic rings. The molecule has 0 aromatic carbocycles. The van der Waals surface area contributed by atoms with Crippen molar-refractivity contribution in [2.24, 2.45) is 29.6 Å². The first-order valence-electron chi connectivity index (χ1n) is 18.9. The van der Waals surface area contributed by atoms with Gasteiger partial charge in [-0.3, -0.25) is 9.69 Å². The van der Waals surface area contributed by atoms with Crippen LogP contribution < -0.4 is 0 Å². The molecule has 3 N–H and O–H groups in total. The summed E-state index contributed by atoms with van der Waals surface area (Å²) in [5.74, 6) is -2.05. The van der Waals surface area contributed by atoms with Gasteiger partial charge in [0.2, 0.25) is 0 Å². The molecule has 0 amide bonds. The summed E-state index contributed by atoms with van der Waals surface area (Å²) in [6.45, 7) is 11.7. The molecule has 11 heteroatoms. The maximum Gasteiger partial charge on any atom is 0.331 e. The van der Waals surface area contributed by atoms with E-state index in [4.69, 9.17) is 23.7 Å². The monoisotopic (exact) mass is 738 g/mol. The number of aliphatic hydroxyl groups is 3. The number of nitrogens with zero attached hydrogens (tertiary/aromatic N) is 1. The van der Waals surface area contributed by atoms with E-state index in [9.17, 15) is 24.9 Å². The van der Waals surface area contributed by atoms with Crippen LogP contribution in [-0.4, -0.2) is 123 Å². The van der Waals surface area contributed by atoms with Gasteiger partial charge in [0.25, 0.3) is 0 Å². The molecule has 0 bridgehead atoms. The van der Waals surface area contributed by atoms with E-state index in [1.165, 1.54) is 13.2 Å². The van der Waals surface area contributed by atoms with Crippen LogP contribution >= 0.6 is 0 Å². The van der Waals surface area contributed by atoms with Gasteiger partial charge in [-0.1, -0.05) is 71.1 Å². The van der Waals surface area contributed by atoms with Crippen molar-refractivity contribution in [2.75, 3.05) is 48.6 Å². The number of aliphatic hydroxyl groups excluding tert-OH is 3. The molecule has 0 radical (unpaired) electrons. The highest BCUT2D eigenvalue weighted by atomic mass is 16.6. The zero-order valence-corrected chi connectivity index (χ0v) is 33.8. The number of ether oxygens (including phenoxy) is 5. The lowest BCUT2D eigenvalue weighted by molar-refractivity contribution is -0.161. The normalized spacial score (nSPS) is 33.3. The third-order valence-electron chi connectivity index (χ3n) is 10.5. The van der Waals surface area contributed by atoms with E-state index >= 15 is 0 Å². The first kappa shape index (κ1) is 47.6. The Kier molecular flexibility index (Phi) is 23.5. The van der Waals surface area contributed by atoms with Crippen LogP contribution in [0.3, 0.4) is 0 Å². The molecule has 0 aromatic rings. The van der Waals surface area contributed by atoms with Crippen molar-refractivity contribution in [3.63, 3.8) is 0 Å². The maximum atomic E-state index is 13.3. The van der Waals surface area contributed by atoms with E-state index in [-0.39, 0.29) is 31.3 Å². The van der Waals surface area contributed by atoms with Gasteiger partial charge in [0.05, 0.1) is 31.0 Å². The highest BCUT2D eigenvalue weighted by molar-refractivity contribution is 5.82. The quantitative estimate of drug-likeness (QED) is 0.188. The third-order valence-corrected chi connectivity index (χ3v) is 10.5. The number of carbonyl (C=O) groups is 2. The van der Waals surface area contributed by atoms with E-state index < -0.39 is 60.2 Å². The summed E-state index contributed by atoms with van der Waals surface area (Å²) < 4.78 is 28.8. The van der Waals surface area contributed by atoms with Crippen molar-refractivity contribution in [1.82, 2.24) is 4.90 Å². The zero-order valence-electron chi connectivity index (χ0n) is 33.8. The molecular formula is C41H71NO10. The Hall–Kier alpha value is -2.38. The van der Waals surface area contributed by atoms with Crippen molar-refractivity contribution in [3.05, 3.63) is 48.1 Å². The van der Waals surface area contributed by atoms with E-state index in [0.717, 1.165) is 24.8 Å². The fraction of sp³-hybridized carbons (Fsp3) is 0.756. The molecule has 0 fully saturated rings. The van der Waals surface area contributed by atoms with Gasteiger partial charge >= 0.3 is 11.9 Å². The molecule has 0 aromatic heterocycles. The van der Waals surface area contributed by atoms with E-state index in [1.807, 2.05) is 32.9 Å². The Morgan fingerprint density at radius 2 is 1.71 bits per heavy atom. The Labute approximate surface area is 314 Å². The van der Waals surface area contributed by atoms with E-state index in [2.05, 4.69) is 19.9 Å². The first-order chi connectivity index (χ1) is 24.6. The lowest BCUT2D eigenvalue weighted by Crippen LogP contribution is -2.44. The van der Waals surface area contributed by atoms with Crippen LogP contribution in [0.4, 0.5) is 0 Å². The summed E-state index contributed by atoms with van der Waals surface area (Å²) >= 11 is 0. The number of hydrogen-bond donors (Lipinski definition) is 3. The molecule has 11 nitrogen and oxygen atoms in total. The summed E-state index contributed by atoms with van der Waals surface area (Å²) in [6.07, 6.45) is 13.0. The smallest absolute Gasteiger partial charge is 0.331 e. The van der Waals surface area contributed by atoms with E-state index in [0.29, 0.717) is 25.2 Å². The number of methoxy groups -OCH3 is 3. The van der Waals surface area contributed by atoms with E-state index in [1.54, 1.807) is 58.4 Å². The predicted octanol–water partition coefficient (Wildman–Crippen LogP) is 5.28. The Morgan fingerprint density at radius 1 is 1.02 bits per heavy atom. The summed E-state index contributed by atoms with van der Waals surface area (Å²) in [5.41, 5.74) is 1.13.